The van der Waals surface area contributed by atoms with Crippen molar-refractivity contribution in [3.63, 3.8) is 0 Å². The summed E-state index contributed by atoms with van der Waals surface area (Å²) in [5.74, 6) is -0.893. The van der Waals surface area contributed by atoms with Crippen molar-refractivity contribution < 1.29 is 19.1 Å². The van der Waals surface area contributed by atoms with Gasteiger partial charge in [0, 0.05) is 25.3 Å². The van der Waals surface area contributed by atoms with Crippen LogP contribution in [0.3, 0.4) is 0 Å². The Labute approximate surface area is 176 Å². The van der Waals surface area contributed by atoms with Crippen LogP contribution in [0, 0.1) is 19.8 Å². The number of rotatable bonds is 6. The molecule has 1 atom stereocenters. The normalized spacial score (nSPS) is 16.2. The van der Waals surface area contributed by atoms with Crippen LogP contribution in [0.15, 0.2) is 30.3 Å². The van der Waals surface area contributed by atoms with Gasteiger partial charge in [0.1, 0.15) is 5.69 Å². The summed E-state index contributed by atoms with van der Waals surface area (Å²) >= 11 is 0. The van der Waals surface area contributed by atoms with Gasteiger partial charge >= 0.3 is 5.97 Å². The van der Waals surface area contributed by atoms with Gasteiger partial charge in [-0.1, -0.05) is 30.3 Å². The van der Waals surface area contributed by atoms with E-state index in [1.807, 2.05) is 30.3 Å². The molecule has 1 aliphatic rings. The van der Waals surface area contributed by atoms with Crippen LogP contribution in [0.2, 0.25) is 0 Å². The highest BCUT2D eigenvalue weighted by molar-refractivity contribution is 6.00. The molecule has 0 unspecified atom stereocenters. The summed E-state index contributed by atoms with van der Waals surface area (Å²) in [6.45, 7) is 5.03. The number of aryl methyl sites for hydroxylation is 1. The topological polar surface area (TPSA) is 91.5 Å². The summed E-state index contributed by atoms with van der Waals surface area (Å²) in [7, 11) is 1.32. The summed E-state index contributed by atoms with van der Waals surface area (Å²) < 4.78 is 4.82. The second-order valence-corrected chi connectivity index (χ2v) is 7.73. The lowest BCUT2D eigenvalue weighted by atomic mass is 9.96. The predicted octanol–water partition coefficient (Wildman–Crippen LogP) is 2.63. The SMILES string of the molecule is COC(=O)c1c(C)[nH]c(C(=O)N2CCC[C@H](C(=O)NCCc3ccccc3)C2)c1C. The van der Waals surface area contributed by atoms with E-state index in [2.05, 4.69) is 10.3 Å². The van der Waals surface area contributed by atoms with Crippen LogP contribution in [0.25, 0.3) is 0 Å². The minimum Gasteiger partial charge on any atom is -0.465 e. The summed E-state index contributed by atoms with van der Waals surface area (Å²) in [5, 5.41) is 3.00. The van der Waals surface area contributed by atoms with Gasteiger partial charge in [0.2, 0.25) is 5.91 Å². The van der Waals surface area contributed by atoms with Gasteiger partial charge in [0.25, 0.3) is 5.91 Å². The van der Waals surface area contributed by atoms with Gasteiger partial charge in [-0.05, 0) is 44.2 Å². The molecular weight excluding hydrogens is 382 g/mol. The number of nitrogens with zero attached hydrogens (tertiary/aromatic N) is 1. The molecule has 7 heteroatoms. The number of nitrogens with one attached hydrogen (secondary N) is 2. The molecule has 0 bridgehead atoms. The van der Waals surface area contributed by atoms with E-state index in [1.54, 1.807) is 18.7 Å². The lowest BCUT2D eigenvalue weighted by Crippen LogP contribution is -2.46. The van der Waals surface area contributed by atoms with Crippen LogP contribution < -0.4 is 5.32 Å². The number of hydrogen-bond acceptors (Lipinski definition) is 4. The third-order valence-corrected chi connectivity index (χ3v) is 5.68. The van der Waals surface area contributed by atoms with Crippen molar-refractivity contribution in [2.75, 3.05) is 26.7 Å². The molecule has 2 N–H and O–H groups in total. The molecule has 1 aromatic heterocycles. The van der Waals surface area contributed by atoms with Crippen LogP contribution in [-0.2, 0) is 16.0 Å². The summed E-state index contributed by atoms with van der Waals surface area (Å²) in [4.78, 5) is 42.4. The highest BCUT2D eigenvalue weighted by Gasteiger charge is 2.31. The number of hydrogen-bond donors (Lipinski definition) is 2. The first-order chi connectivity index (χ1) is 14.4. The number of carbonyl (C=O) groups is 3. The summed E-state index contributed by atoms with van der Waals surface area (Å²) in [5.41, 5.74) is 3.15. The van der Waals surface area contributed by atoms with E-state index >= 15 is 0 Å². The first-order valence-corrected chi connectivity index (χ1v) is 10.3. The standard InChI is InChI=1S/C23H29N3O4/c1-15-19(23(29)30-3)16(2)25-20(15)22(28)26-13-7-10-18(14-26)21(27)24-12-11-17-8-5-4-6-9-17/h4-6,8-9,18,25H,7,10-14H2,1-3H3,(H,24,27)/t18-/m0/s1. The molecule has 2 heterocycles. The molecule has 2 amide bonds. The van der Waals surface area contributed by atoms with E-state index in [0.29, 0.717) is 42.1 Å². The maximum absolute atomic E-state index is 13.1. The molecule has 1 saturated heterocycles. The first-order valence-electron chi connectivity index (χ1n) is 10.3. The molecule has 7 nitrogen and oxygen atoms in total. The molecule has 0 radical (unpaired) electrons. The number of H-pyrrole nitrogens is 1. The molecular formula is C23H29N3O4. The largest absolute Gasteiger partial charge is 0.465 e. The van der Waals surface area contributed by atoms with Gasteiger partial charge in [-0.2, -0.15) is 0 Å². The van der Waals surface area contributed by atoms with E-state index in [0.717, 1.165) is 19.3 Å². The monoisotopic (exact) mass is 411 g/mol. The molecule has 30 heavy (non-hydrogen) atoms. The Morgan fingerprint density at radius 3 is 2.63 bits per heavy atom. The van der Waals surface area contributed by atoms with E-state index in [9.17, 15) is 14.4 Å². The Kier molecular flexibility index (Phi) is 6.92. The predicted molar refractivity (Wildman–Crippen MR) is 113 cm³/mol. The fraction of sp³-hybridized carbons (Fsp3) is 0.435. The number of aromatic amines is 1. The molecule has 0 aliphatic carbocycles. The Balaban J connectivity index is 1.61. The Bertz CT molecular complexity index is 920. The van der Waals surface area contributed by atoms with E-state index in [-0.39, 0.29) is 17.7 Å². The van der Waals surface area contributed by atoms with Gasteiger partial charge in [0.05, 0.1) is 18.6 Å². The Hall–Kier alpha value is -3.09. The molecule has 1 fully saturated rings. The lowest BCUT2D eigenvalue weighted by molar-refractivity contribution is -0.126. The molecule has 1 aromatic carbocycles. The molecule has 160 valence electrons. The second-order valence-electron chi connectivity index (χ2n) is 7.73. The zero-order chi connectivity index (χ0) is 21.7. The first kappa shape index (κ1) is 21.6. The Morgan fingerprint density at radius 2 is 1.93 bits per heavy atom. The zero-order valence-electron chi connectivity index (χ0n) is 17.8. The maximum atomic E-state index is 13.1. The number of amides is 2. The third-order valence-electron chi connectivity index (χ3n) is 5.68. The van der Waals surface area contributed by atoms with Gasteiger partial charge in [-0.15, -0.1) is 0 Å². The molecule has 0 spiro atoms. The van der Waals surface area contributed by atoms with Crippen LogP contribution in [0.4, 0.5) is 0 Å². The molecule has 1 aliphatic heterocycles. The lowest BCUT2D eigenvalue weighted by Gasteiger charge is -2.32. The second kappa shape index (κ2) is 9.61. The minimum absolute atomic E-state index is 0.0157. The molecule has 0 saturated carbocycles. The van der Waals surface area contributed by atoms with Gasteiger partial charge in [-0.25, -0.2) is 4.79 Å². The number of likely N-dealkylation sites (tertiary alicyclic amines) is 1. The van der Waals surface area contributed by atoms with Gasteiger partial charge in [0.15, 0.2) is 0 Å². The zero-order valence-corrected chi connectivity index (χ0v) is 17.8. The van der Waals surface area contributed by atoms with Crippen molar-refractivity contribution in [2.45, 2.75) is 33.1 Å². The van der Waals surface area contributed by atoms with Crippen LogP contribution in [0.5, 0.6) is 0 Å². The van der Waals surface area contributed by atoms with Gasteiger partial charge in [-0.3, -0.25) is 9.59 Å². The number of piperidine rings is 1. The highest BCUT2D eigenvalue weighted by Crippen LogP contribution is 2.23. The minimum atomic E-state index is -0.463. The average molecular weight is 412 g/mol. The van der Waals surface area contributed by atoms with E-state index in [4.69, 9.17) is 4.74 Å². The van der Waals surface area contributed by atoms with E-state index < -0.39 is 5.97 Å². The average Bonchev–Trinajstić information content (AvgIpc) is 3.07. The highest BCUT2D eigenvalue weighted by atomic mass is 16.5. The van der Waals surface area contributed by atoms with Crippen molar-refractivity contribution in [1.82, 2.24) is 15.2 Å². The van der Waals surface area contributed by atoms with Crippen molar-refractivity contribution in [1.29, 1.82) is 0 Å². The molecule has 2 aromatic rings. The number of aromatic nitrogens is 1. The van der Waals surface area contributed by atoms with Gasteiger partial charge < -0.3 is 19.9 Å². The fourth-order valence-corrected chi connectivity index (χ4v) is 4.02. The number of methoxy groups -OCH3 is 1. The quantitative estimate of drug-likeness (QED) is 0.715. The fourth-order valence-electron chi connectivity index (χ4n) is 4.02. The number of benzene rings is 1. The Morgan fingerprint density at radius 1 is 1.20 bits per heavy atom. The van der Waals surface area contributed by atoms with Crippen molar-refractivity contribution in [3.05, 3.63) is 58.4 Å². The van der Waals surface area contributed by atoms with Crippen LogP contribution in [0.1, 0.15) is 50.5 Å². The number of esters is 1. The molecule has 3 rings (SSSR count). The summed E-state index contributed by atoms with van der Waals surface area (Å²) in [6.07, 6.45) is 2.31. The number of ether oxygens (including phenoxy) is 1. The smallest absolute Gasteiger partial charge is 0.339 e. The third kappa shape index (κ3) is 4.72. The van der Waals surface area contributed by atoms with Crippen LogP contribution in [-0.4, -0.2) is 54.4 Å². The maximum Gasteiger partial charge on any atom is 0.339 e. The van der Waals surface area contributed by atoms with Crippen molar-refractivity contribution in [3.8, 4) is 0 Å². The summed E-state index contributed by atoms with van der Waals surface area (Å²) in [6, 6.07) is 10.0. The van der Waals surface area contributed by atoms with E-state index in [1.165, 1.54) is 12.7 Å². The van der Waals surface area contributed by atoms with Crippen molar-refractivity contribution >= 4 is 17.8 Å². The number of carbonyl (C=O) groups excluding carboxylic acids is 3. The van der Waals surface area contributed by atoms with Crippen LogP contribution >= 0.6 is 0 Å². The van der Waals surface area contributed by atoms with Crippen molar-refractivity contribution in [2.24, 2.45) is 5.92 Å².